The molecule has 0 fully saturated rings. The minimum atomic E-state index is 0.0638. The van der Waals surface area contributed by atoms with Gasteiger partial charge >= 0.3 is 0 Å². The maximum atomic E-state index is 11.5. The van der Waals surface area contributed by atoms with Gasteiger partial charge in [-0.05, 0) is 12.1 Å². The fourth-order valence-corrected chi connectivity index (χ4v) is 1.59. The van der Waals surface area contributed by atoms with E-state index in [0.29, 0.717) is 6.54 Å². The molecule has 2 aromatic rings. The van der Waals surface area contributed by atoms with Crippen LogP contribution in [0.5, 0.6) is 0 Å². The van der Waals surface area contributed by atoms with Gasteiger partial charge in [0.15, 0.2) is 5.43 Å². The van der Waals surface area contributed by atoms with Crippen molar-refractivity contribution in [2.24, 2.45) is 5.73 Å². The van der Waals surface area contributed by atoms with Crippen molar-refractivity contribution in [2.45, 2.75) is 6.54 Å². The van der Waals surface area contributed by atoms with Crippen LogP contribution < -0.4 is 11.2 Å². The summed E-state index contributed by atoms with van der Waals surface area (Å²) in [4.78, 5) is 11.5. The molecular weight excluding hydrogens is 176 g/mol. The van der Waals surface area contributed by atoms with Gasteiger partial charge in [0.25, 0.3) is 0 Å². The van der Waals surface area contributed by atoms with Gasteiger partial charge < -0.3 is 10.3 Å². The second-order valence-corrected chi connectivity index (χ2v) is 3.18. The van der Waals surface area contributed by atoms with Gasteiger partial charge in [0.1, 0.15) is 0 Å². The molecule has 3 nitrogen and oxygen atoms in total. The van der Waals surface area contributed by atoms with Gasteiger partial charge in [-0.15, -0.1) is 0 Å². The highest BCUT2D eigenvalue weighted by Crippen LogP contribution is 2.08. The second-order valence-electron chi connectivity index (χ2n) is 3.18. The van der Waals surface area contributed by atoms with E-state index in [1.165, 1.54) is 0 Å². The molecular formula is C11H12N2O. The predicted octanol–water partition coefficient (Wildman–Crippen LogP) is 0.960. The van der Waals surface area contributed by atoms with Crippen LogP contribution >= 0.6 is 0 Å². The summed E-state index contributed by atoms with van der Waals surface area (Å²) in [7, 11) is 0. The summed E-state index contributed by atoms with van der Waals surface area (Å²) < 4.78 is 2.00. The molecule has 0 bridgehead atoms. The molecule has 0 radical (unpaired) electrons. The lowest BCUT2D eigenvalue weighted by Gasteiger charge is -2.08. The van der Waals surface area contributed by atoms with Crippen LogP contribution in [0.4, 0.5) is 0 Å². The summed E-state index contributed by atoms with van der Waals surface area (Å²) in [6.45, 7) is 1.31. The smallest absolute Gasteiger partial charge is 0.189 e. The van der Waals surface area contributed by atoms with Crippen molar-refractivity contribution in [2.75, 3.05) is 6.54 Å². The van der Waals surface area contributed by atoms with Crippen molar-refractivity contribution in [3.05, 3.63) is 46.8 Å². The number of benzene rings is 1. The van der Waals surface area contributed by atoms with E-state index >= 15 is 0 Å². The summed E-state index contributed by atoms with van der Waals surface area (Å²) >= 11 is 0. The fraction of sp³-hybridized carbons (Fsp3) is 0.182. The predicted molar refractivity (Wildman–Crippen MR) is 57.3 cm³/mol. The van der Waals surface area contributed by atoms with E-state index in [2.05, 4.69) is 0 Å². The summed E-state index contributed by atoms with van der Waals surface area (Å²) in [6.07, 6.45) is 1.79. The normalized spacial score (nSPS) is 10.6. The lowest BCUT2D eigenvalue weighted by Crippen LogP contribution is -2.13. The third kappa shape index (κ3) is 1.42. The standard InChI is InChI=1S/C11H12N2O/c12-6-8-13-7-5-11(14)9-3-1-2-4-10(9)13/h1-5,7H,6,8,12H2. The molecule has 0 saturated carbocycles. The molecule has 1 aromatic carbocycles. The van der Waals surface area contributed by atoms with Crippen molar-refractivity contribution >= 4 is 10.9 Å². The molecule has 0 aliphatic heterocycles. The van der Waals surface area contributed by atoms with Crippen molar-refractivity contribution in [3.63, 3.8) is 0 Å². The number of nitrogens with zero attached hydrogens (tertiary/aromatic N) is 1. The summed E-state index contributed by atoms with van der Waals surface area (Å²) in [5.74, 6) is 0. The van der Waals surface area contributed by atoms with Crippen molar-refractivity contribution in [1.29, 1.82) is 0 Å². The van der Waals surface area contributed by atoms with Crippen molar-refractivity contribution in [1.82, 2.24) is 4.57 Å². The van der Waals surface area contributed by atoms with E-state index in [9.17, 15) is 4.79 Å². The minimum absolute atomic E-state index is 0.0638. The van der Waals surface area contributed by atoms with Gasteiger partial charge in [-0.3, -0.25) is 4.79 Å². The van der Waals surface area contributed by atoms with Gasteiger partial charge in [0, 0.05) is 30.7 Å². The zero-order valence-corrected chi connectivity index (χ0v) is 7.81. The van der Waals surface area contributed by atoms with Gasteiger partial charge in [0.2, 0.25) is 0 Å². The molecule has 0 amide bonds. The minimum Gasteiger partial charge on any atom is -0.346 e. The summed E-state index contributed by atoms with van der Waals surface area (Å²) in [5, 5.41) is 0.753. The summed E-state index contributed by atoms with van der Waals surface area (Å²) in [6, 6.07) is 9.15. The maximum absolute atomic E-state index is 11.5. The molecule has 1 aromatic heterocycles. The Hall–Kier alpha value is -1.61. The molecule has 72 valence electrons. The Labute approximate surface area is 81.8 Å². The van der Waals surface area contributed by atoms with E-state index < -0.39 is 0 Å². The lowest BCUT2D eigenvalue weighted by atomic mass is 10.2. The molecule has 14 heavy (non-hydrogen) atoms. The molecule has 3 heteroatoms. The van der Waals surface area contributed by atoms with Crippen LogP contribution in [0.2, 0.25) is 0 Å². The molecule has 0 unspecified atom stereocenters. The van der Waals surface area contributed by atoms with Crippen LogP contribution in [0.1, 0.15) is 0 Å². The van der Waals surface area contributed by atoms with Crippen molar-refractivity contribution in [3.8, 4) is 0 Å². The number of hydrogen-bond acceptors (Lipinski definition) is 2. The molecule has 1 heterocycles. The average molecular weight is 188 g/mol. The third-order valence-electron chi connectivity index (χ3n) is 2.25. The molecule has 0 aliphatic rings. The number of hydrogen-bond donors (Lipinski definition) is 1. The number of aromatic nitrogens is 1. The van der Waals surface area contributed by atoms with Gasteiger partial charge in [-0.1, -0.05) is 12.1 Å². The topological polar surface area (TPSA) is 48.0 Å². The Bertz CT molecular complexity index is 502. The molecule has 2 N–H and O–H groups in total. The fourth-order valence-electron chi connectivity index (χ4n) is 1.59. The van der Waals surface area contributed by atoms with Crippen LogP contribution in [-0.2, 0) is 6.54 Å². The van der Waals surface area contributed by atoms with Gasteiger partial charge in [0.05, 0.1) is 5.52 Å². The Balaban J connectivity index is 2.75. The zero-order valence-electron chi connectivity index (χ0n) is 7.81. The Morgan fingerprint density at radius 3 is 2.79 bits per heavy atom. The maximum Gasteiger partial charge on any atom is 0.189 e. The van der Waals surface area contributed by atoms with Crippen LogP contribution in [0, 0.1) is 0 Å². The third-order valence-corrected chi connectivity index (χ3v) is 2.25. The zero-order chi connectivity index (χ0) is 9.97. The van der Waals surface area contributed by atoms with Crippen LogP contribution in [0.15, 0.2) is 41.3 Å². The number of para-hydroxylation sites is 1. The number of nitrogens with two attached hydrogens (primary N) is 1. The molecule has 0 spiro atoms. The van der Waals surface area contributed by atoms with E-state index in [1.54, 1.807) is 12.3 Å². The first-order valence-electron chi connectivity index (χ1n) is 4.61. The summed E-state index contributed by atoms with van der Waals surface area (Å²) in [5.41, 5.74) is 6.50. The van der Waals surface area contributed by atoms with Crippen LogP contribution in [0.25, 0.3) is 10.9 Å². The highest BCUT2D eigenvalue weighted by molar-refractivity contribution is 5.78. The van der Waals surface area contributed by atoms with Crippen LogP contribution in [-0.4, -0.2) is 11.1 Å². The lowest BCUT2D eigenvalue weighted by molar-refractivity contribution is 0.728. The number of fused-ring (bicyclic) bond motifs is 1. The quantitative estimate of drug-likeness (QED) is 0.763. The largest absolute Gasteiger partial charge is 0.346 e. The van der Waals surface area contributed by atoms with E-state index in [0.717, 1.165) is 17.4 Å². The average Bonchev–Trinajstić information content (AvgIpc) is 2.23. The Kier molecular flexibility index (Phi) is 2.33. The van der Waals surface area contributed by atoms with Gasteiger partial charge in [-0.2, -0.15) is 0 Å². The number of rotatable bonds is 2. The van der Waals surface area contributed by atoms with E-state index in [-0.39, 0.29) is 5.43 Å². The molecule has 2 rings (SSSR count). The van der Waals surface area contributed by atoms with Gasteiger partial charge in [-0.25, -0.2) is 0 Å². The molecule has 0 saturated heterocycles. The van der Waals surface area contributed by atoms with E-state index in [4.69, 9.17) is 5.73 Å². The van der Waals surface area contributed by atoms with Crippen LogP contribution in [0.3, 0.4) is 0 Å². The second kappa shape index (κ2) is 3.64. The SMILES string of the molecule is NCCn1ccc(=O)c2ccccc21. The first-order valence-corrected chi connectivity index (χ1v) is 4.61. The van der Waals surface area contributed by atoms with Crippen molar-refractivity contribution < 1.29 is 0 Å². The Morgan fingerprint density at radius 2 is 2.00 bits per heavy atom. The monoisotopic (exact) mass is 188 g/mol. The first-order chi connectivity index (χ1) is 6.83. The number of pyridine rings is 1. The highest BCUT2D eigenvalue weighted by atomic mass is 16.1. The van der Waals surface area contributed by atoms with E-state index in [1.807, 2.05) is 28.8 Å². The molecule has 0 aliphatic carbocycles. The first kappa shape index (κ1) is 8.97. The Morgan fingerprint density at radius 1 is 1.21 bits per heavy atom. The highest BCUT2D eigenvalue weighted by Gasteiger charge is 1.99. The molecule has 0 atom stereocenters.